The van der Waals surface area contributed by atoms with Crippen molar-refractivity contribution in [1.82, 2.24) is 4.98 Å². The Morgan fingerprint density at radius 1 is 1.67 bits per heavy atom. The summed E-state index contributed by atoms with van der Waals surface area (Å²) in [5.41, 5.74) is -0.835. The first-order chi connectivity index (χ1) is 8.36. The lowest BCUT2D eigenvalue weighted by molar-refractivity contribution is -0.390. The van der Waals surface area contributed by atoms with E-state index in [0.717, 1.165) is 13.2 Å². The van der Waals surface area contributed by atoms with E-state index in [-0.39, 0.29) is 10.0 Å². The maximum absolute atomic E-state index is 12.5. The van der Waals surface area contributed by atoms with Gasteiger partial charge in [-0.25, -0.2) is 8.78 Å². The molecule has 0 saturated heterocycles. The summed E-state index contributed by atoms with van der Waals surface area (Å²) in [5.74, 6) is -1.52. The van der Waals surface area contributed by atoms with E-state index in [9.17, 15) is 23.7 Å². The number of carbonyl (C=O) groups excluding carboxylic acids is 1. The van der Waals surface area contributed by atoms with E-state index in [4.69, 9.17) is 0 Å². The van der Waals surface area contributed by atoms with E-state index >= 15 is 0 Å². The fraction of sp³-hybridized carbons (Fsp3) is 0.333. The Bertz CT molecular complexity index is 496. The number of esters is 1. The zero-order valence-corrected chi connectivity index (χ0v) is 10.6. The van der Waals surface area contributed by atoms with Crippen molar-refractivity contribution in [3.05, 3.63) is 31.9 Å². The number of hydrogen-bond acceptors (Lipinski definition) is 5. The minimum atomic E-state index is -2.94. The molecular weight excluding hydrogens is 318 g/mol. The minimum Gasteiger partial charge on any atom is -0.469 e. The molecule has 0 fully saturated rings. The summed E-state index contributed by atoms with van der Waals surface area (Å²) in [6, 6.07) is 0.940. The van der Waals surface area contributed by atoms with Gasteiger partial charge in [0, 0.05) is 10.5 Å². The van der Waals surface area contributed by atoms with Crippen LogP contribution < -0.4 is 0 Å². The number of hydrogen-bond donors (Lipinski definition) is 0. The number of ether oxygens (including phenoxy) is 1. The summed E-state index contributed by atoms with van der Waals surface area (Å²) in [5, 5.41) is 10.7. The lowest BCUT2D eigenvalue weighted by Crippen LogP contribution is -2.10. The summed E-state index contributed by atoms with van der Waals surface area (Å²) < 4.78 is 29.3. The molecule has 0 N–H and O–H groups in total. The van der Waals surface area contributed by atoms with Crippen molar-refractivity contribution in [2.75, 3.05) is 7.11 Å². The van der Waals surface area contributed by atoms with Gasteiger partial charge in [0.15, 0.2) is 0 Å². The molecule has 98 valence electrons. The monoisotopic (exact) mass is 324 g/mol. The van der Waals surface area contributed by atoms with Gasteiger partial charge in [-0.05, 0) is 9.91 Å². The molecule has 0 aliphatic carbocycles. The highest BCUT2D eigenvalue weighted by molar-refractivity contribution is 9.10. The number of pyridine rings is 1. The van der Waals surface area contributed by atoms with Gasteiger partial charge in [0.25, 0.3) is 0 Å². The molecule has 0 aliphatic heterocycles. The standard InChI is InChI=1S/C9H7BrF2N2O4/c1-18-7(15)2-4-5(10)3-6(8(11)12)13-9(4)14(16)17/h3,8H,2H2,1H3. The van der Waals surface area contributed by atoms with Gasteiger partial charge in [0.2, 0.25) is 5.69 Å². The van der Waals surface area contributed by atoms with Crippen molar-refractivity contribution >= 4 is 27.7 Å². The number of halogens is 3. The fourth-order valence-corrected chi connectivity index (χ4v) is 1.74. The Labute approximate surface area is 108 Å². The summed E-state index contributed by atoms with van der Waals surface area (Å²) in [4.78, 5) is 24.1. The second kappa shape index (κ2) is 5.80. The van der Waals surface area contributed by atoms with Crippen LogP contribution in [0.4, 0.5) is 14.6 Å². The van der Waals surface area contributed by atoms with E-state index < -0.39 is 35.3 Å². The SMILES string of the molecule is COC(=O)Cc1c(Br)cc(C(F)F)nc1[N+](=O)[O-]. The third-order valence-electron chi connectivity index (χ3n) is 2.01. The van der Waals surface area contributed by atoms with E-state index in [2.05, 4.69) is 25.7 Å². The first-order valence-corrected chi connectivity index (χ1v) is 5.34. The van der Waals surface area contributed by atoms with Crippen LogP contribution in [0.15, 0.2) is 10.5 Å². The Morgan fingerprint density at radius 3 is 2.72 bits per heavy atom. The number of nitro groups is 1. The molecule has 0 bridgehead atoms. The van der Waals surface area contributed by atoms with Crippen LogP contribution in [0.1, 0.15) is 17.7 Å². The average molecular weight is 325 g/mol. The summed E-state index contributed by atoms with van der Waals surface area (Å²) >= 11 is 2.91. The topological polar surface area (TPSA) is 82.3 Å². The van der Waals surface area contributed by atoms with Crippen molar-refractivity contribution in [2.24, 2.45) is 0 Å². The quantitative estimate of drug-likeness (QED) is 0.482. The average Bonchev–Trinajstić information content (AvgIpc) is 2.30. The van der Waals surface area contributed by atoms with Gasteiger partial charge in [0.1, 0.15) is 0 Å². The largest absolute Gasteiger partial charge is 0.469 e. The zero-order valence-electron chi connectivity index (χ0n) is 9.02. The number of methoxy groups -OCH3 is 1. The van der Waals surface area contributed by atoms with Gasteiger partial charge < -0.3 is 14.9 Å². The zero-order chi connectivity index (χ0) is 13.9. The van der Waals surface area contributed by atoms with Crippen molar-refractivity contribution in [1.29, 1.82) is 0 Å². The van der Waals surface area contributed by atoms with Gasteiger partial charge in [-0.2, -0.15) is 0 Å². The Hall–Kier alpha value is -1.64. The van der Waals surface area contributed by atoms with Crippen LogP contribution in [-0.2, 0) is 16.0 Å². The molecule has 0 aliphatic rings. The Kier molecular flexibility index (Phi) is 4.65. The summed E-state index contributed by atoms with van der Waals surface area (Å²) in [6.45, 7) is 0. The molecule has 1 aromatic heterocycles. The van der Waals surface area contributed by atoms with Crippen LogP contribution in [0, 0.1) is 10.1 Å². The van der Waals surface area contributed by atoms with E-state index in [1.165, 1.54) is 0 Å². The number of rotatable bonds is 4. The molecule has 0 amide bonds. The van der Waals surface area contributed by atoms with Gasteiger partial charge in [0.05, 0.1) is 19.1 Å². The van der Waals surface area contributed by atoms with E-state index in [0.29, 0.717) is 0 Å². The maximum atomic E-state index is 12.5. The number of alkyl halides is 2. The van der Waals surface area contributed by atoms with E-state index in [1.807, 2.05) is 0 Å². The van der Waals surface area contributed by atoms with Crippen LogP contribution >= 0.6 is 15.9 Å². The first kappa shape index (κ1) is 14.4. The molecular formula is C9H7BrF2N2O4. The minimum absolute atomic E-state index is 0.0184. The van der Waals surface area contributed by atoms with Gasteiger partial charge >= 0.3 is 18.2 Å². The molecule has 1 aromatic rings. The number of nitrogens with zero attached hydrogens (tertiary/aromatic N) is 2. The molecule has 0 spiro atoms. The molecule has 1 heterocycles. The molecule has 0 unspecified atom stereocenters. The van der Waals surface area contributed by atoms with Crippen LogP contribution in [0.2, 0.25) is 0 Å². The van der Waals surface area contributed by atoms with Crippen molar-refractivity contribution in [2.45, 2.75) is 12.8 Å². The third-order valence-corrected chi connectivity index (χ3v) is 2.72. The highest BCUT2D eigenvalue weighted by Crippen LogP contribution is 2.30. The smallest absolute Gasteiger partial charge is 0.368 e. The third kappa shape index (κ3) is 3.19. The lowest BCUT2D eigenvalue weighted by atomic mass is 10.1. The fourth-order valence-electron chi connectivity index (χ4n) is 1.19. The number of aromatic nitrogens is 1. The van der Waals surface area contributed by atoms with Gasteiger partial charge in [-0.3, -0.25) is 4.79 Å². The van der Waals surface area contributed by atoms with Gasteiger partial charge in [-0.1, -0.05) is 15.9 Å². The second-order valence-corrected chi connectivity index (χ2v) is 4.00. The highest BCUT2D eigenvalue weighted by Gasteiger charge is 2.27. The molecule has 18 heavy (non-hydrogen) atoms. The van der Waals surface area contributed by atoms with Gasteiger partial charge in [-0.15, -0.1) is 0 Å². The van der Waals surface area contributed by atoms with E-state index in [1.54, 1.807) is 0 Å². The Balaban J connectivity index is 3.31. The molecule has 6 nitrogen and oxygen atoms in total. The van der Waals surface area contributed by atoms with Crippen LogP contribution in [0.25, 0.3) is 0 Å². The Morgan fingerprint density at radius 2 is 2.28 bits per heavy atom. The van der Waals surface area contributed by atoms with Crippen molar-refractivity contribution < 1.29 is 23.2 Å². The molecule has 0 aromatic carbocycles. The molecule has 9 heteroatoms. The van der Waals surface area contributed by atoms with Crippen LogP contribution in [-0.4, -0.2) is 23.0 Å². The van der Waals surface area contributed by atoms with Crippen LogP contribution in [0.5, 0.6) is 0 Å². The predicted molar refractivity (Wildman–Crippen MR) is 59.3 cm³/mol. The molecule has 1 rings (SSSR count). The maximum Gasteiger partial charge on any atom is 0.368 e. The van der Waals surface area contributed by atoms with Crippen molar-refractivity contribution in [3.63, 3.8) is 0 Å². The normalized spacial score (nSPS) is 10.5. The molecule has 0 atom stereocenters. The number of carbonyl (C=O) groups is 1. The predicted octanol–water partition coefficient (Wildman–Crippen LogP) is 2.41. The molecule has 0 saturated carbocycles. The highest BCUT2D eigenvalue weighted by atomic mass is 79.9. The summed E-state index contributed by atoms with van der Waals surface area (Å²) in [6.07, 6.45) is -3.36. The van der Waals surface area contributed by atoms with Crippen LogP contribution in [0.3, 0.4) is 0 Å². The van der Waals surface area contributed by atoms with Crippen molar-refractivity contribution in [3.8, 4) is 0 Å². The second-order valence-electron chi connectivity index (χ2n) is 3.14. The molecule has 0 radical (unpaired) electrons. The summed E-state index contributed by atoms with van der Waals surface area (Å²) in [7, 11) is 1.11. The first-order valence-electron chi connectivity index (χ1n) is 4.55. The lowest BCUT2D eigenvalue weighted by Gasteiger charge is -2.05.